The van der Waals surface area contributed by atoms with Crippen LogP contribution >= 0.6 is 15.9 Å². The van der Waals surface area contributed by atoms with E-state index in [1.54, 1.807) is 0 Å². The van der Waals surface area contributed by atoms with Crippen LogP contribution in [0.4, 0.5) is 0 Å². The second kappa shape index (κ2) is 8.51. The van der Waals surface area contributed by atoms with Crippen LogP contribution in [0, 0.1) is 13.8 Å². The lowest BCUT2D eigenvalue weighted by atomic mass is 10.1. The Morgan fingerprint density at radius 2 is 1.72 bits per heavy atom. The van der Waals surface area contributed by atoms with E-state index in [1.807, 2.05) is 6.92 Å². The molecule has 0 atom stereocenters. The zero-order valence-electron chi connectivity index (χ0n) is 11.4. The number of aryl methyl sites for hydroxylation is 2. The van der Waals surface area contributed by atoms with Crippen LogP contribution in [-0.4, -0.2) is 32.9 Å². The zero-order valence-corrected chi connectivity index (χ0v) is 13.0. The van der Waals surface area contributed by atoms with Crippen LogP contribution in [0.5, 0.6) is 5.75 Å². The molecule has 0 heterocycles. The lowest BCUT2D eigenvalue weighted by molar-refractivity contribution is 0.148. The van der Waals surface area contributed by atoms with Gasteiger partial charge in [-0.2, -0.15) is 0 Å². The van der Waals surface area contributed by atoms with Gasteiger partial charge in [0.15, 0.2) is 0 Å². The molecule has 0 spiro atoms. The Kier molecular flexibility index (Phi) is 7.32. The Labute approximate surface area is 118 Å². The van der Waals surface area contributed by atoms with E-state index in [0.717, 1.165) is 36.5 Å². The molecule has 102 valence electrons. The molecule has 0 unspecified atom stereocenters. The highest BCUT2D eigenvalue weighted by molar-refractivity contribution is 9.10. The first kappa shape index (κ1) is 15.5. The molecule has 1 N–H and O–H groups in total. The van der Waals surface area contributed by atoms with E-state index in [4.69, 9.17) is 9.47 Å². The van der Waals surface area contributed by atoms with E-state index in [1.165, 1.54) is 11.1 Å². The molecule has 0 amide bonds. The van der Waals surface area contributed by atoms with Gasteiger partial charge in [0, 0.05) is 24.2 Å². The summed E-state index contributed by atoms with van der Waals surface area (Å²) in [6, 6.07) is 4.11. The van der Waals surface area contributed by atoms with Crippen molar-refractivity contribution in [1.82, 2.24) is 5.32 Å². The Morgan fingerprint density at radius 1 is 1.11 bits per heavy atom. The van der Waals surface area contributed by atoms with Gasteiger partial charge in [0.05, 0.1) is 6.61 Å². The molecule has 0 radical (unpaired) electrons. The molecule has 1 aromatic carbocycles. The monoisotopic (exact) mass is 315 g/mol. The van der Waals surface area contributed by atoms with Crippen LogP contribution in [0.2, 0.25) is 0 Å². The molecule has 0 fully saturated rings. The van der Waals surface area contributed by atoms with Crippen molar-refractivity contribution in [3.05, 3.63) is 27.7 Å². The van der Waals surface area contributed by atoms with Crippen molar-refractivity contribution in [3.8, 4) is 5.75 Å². The van der Waals surface area contributed by atoms with Gasteiger partial charge in [-0.15, -0.1) is 0 Å². The highest BCUT2D eigenvalue weighted by atomic mass is 79.9. The number of halogens is 1. The first-order chi connectivity index (χ1) is 8.65. The van der Waals surface area contributed by atoms with Crippen LogP contribution in [0.3, 0.4) is 0 Å². The van der Waals surface area contributed by atoms with Crippen LogP contribution in [0.15, 0.2) is 16.6 Å². The van der Waals surface area contributed by atoms with Gasteiger partial charge in [-0.3, -0.25) is 0 Å². The first-order valence-corrected chi connectivity index (χ1v) is 7.12. The van der Waals surface area contributed by atoms with Crippen molar-refractivity contribution < 1.29 is 9.47 Å². The Hall–Kier alpha value is -0.580. The molecular weight excluding hydrogens is 294 g/mol. The van der Waals surface area contributed by atoms with Gasteiger partial charge in [0.25, 0.3) is 0 Å². The SMILES string of the molecule is CCOCCNCCOc1cc(C)c(Br)c(C)c1. The standard InChI is InChI=1S/C14H22BrNO2/c1-4-17-7-5-16-6-8-18-13-9-11(2)14(15)12(3)10-13/h9-10,16H,4-8H2,1-3H3. The molecule has 0 aliphatic rings. The lowest BCUT2D eigenvalue weighted by Crippen LogP contribution is -2.25. The van der Waals surface area contributed by atoms with E-state index in [2.05, 4.69) is 47.2 Å². The van der Waals surface area contributed by atoms with Gasteiger partial charge in [-0.25, -0.2) is 0 Å². The summed E-state index contributed by atoms with van der Waals surface area (Å²) in [6.07, 6.45) is 0. The third-order valence-electron chi connectivity index (χ3n) is 2.58. The van der Waals surface area contributed by atoms with Gasteiger partial charge in [-0.1, -0.05) is 15.9 Å². The smallest absolute Gasteiger partial charge is 0.119 e. The Bertz CT molecular complexity index is 346. The average Bonchev–Trinajstić information content (AvgIpc) is 2.34. The van der Waals surface area contributed by atoms with Crippen LogP contribution < -0.4 is 10.1 Å². The summed E-state index contributed by atoms with van der Waals surface area (Å²) in [5.74, 6) is 0.930. The molecule has 0 saturated carbocycles. The highest BCUT2D eigenvalue weighted by Crippen LogP contribution is 2.26. The van der Waals surface area contributed by atoms with E-state index >= 15 is 0 Å². The van der Waals surface area contributed by atoms with Gasteiger partial charge in [0.2, 0.25) is 0 Å². The fraction of sp³-hybridized carbons (Fsp3) is 0.571. The summed E-state index contributed by atoms with van der Waals surface area (Å²) in [4.78, 5) is 0. The molecule has 0 aliphatic carbocycles. The van der Waals surface area contributed by atoms with Crippen molar-refractivity contribution in [2.45, 2.75) is 20.8 Å². The molecule has 1 aromatic rings. The maximum atomic E-state index is 5.71. The number of hydrogen-bond acceptors (Lipinski definition) is 3. The molecule has 4 heteroatoms. The summed E-state index contributed by atoms with van der Waals surface area (Å²) in [7, 11) is 0. The minimum absolute atomic E-state index is 0.673. The number of rotatable bonds is 8. The van der Waals surface area contributed by atoms with Crippen molar-refractivity contribution in [1.29, 1.82) is 0 Å². The predicted octanol–water partition coefficient (Wildman–Crippen LogP) is 3.07. The molecule has 0 aromatic heterocycles. The van der Waals surface area contributed by atoms with Crippen molar-refractivity contribution >= 4 is 15.9 Å². The Balaban J connectivity index is 2.23. The maximum Gasteiger partial charge on any atom is 0.119 e. The molecule has 18 heavy (non-hydrogen) atoms. The number of ether oxygens (including phenoxy) is 2. The largest absolute Gasteiger partial charge is 0.492 e. The number of hydrogen-bond donors (Lipinski definition) is 1. The fourth-order valence-corrected chi connectivity index (χ4v) is 1.87. The second-order valence-electron chi connectivity index (χ2n) is 4.17. The zero-order chi connectivity index (χ0) is 13.4. The normalized spacial score (nSPS) is 10.7. The summed E-state index contributed by atoms with van der Waals surface area (Å²) in [5.41, 5.74) is 2.41. The summed E-state index contributed by atoms with van der Waals surface area (Å²) < 4.78 is 12.1. The summed E-state index contributed by atoms with van der Waals surface area (Å²) in [6.45, 7) is 10.1. The topological polar surface area (TPSA) is 30.5 Å². The quantitative estimate of drug-likeness (QED) is 0.748. The third-order valence-corrected chi connectivity index (χ3v) is 3.84. The number of benzene rings is 1. The van der Waals surface area contributed by atoms with Gasteiger partial charge in [0.1, 0.15) is 12.4 Å². The van der Waals surface area contributed by atoms with Crippen molar-refractivity contribution in [3.63, 3.8) is 0 Å². The molecule has 3 nitrogen and oxygen atoms in total. The minimum atomic E-state index is 0.673. The van der Waals surface area contributed by atoms with Gasteiger partial charge in [-0.05, 0) is 44.0 Å². The van der Waals surface area contributed by atoms with E-state index in [9.17, 15) is 0 Å². The third kappa shape index (κ3) is 5.38. The van der Waals surface area contributed by atoms with Gasteiger partial charge < -0.3 is 14.8 Å². The lowest BCUT2D eigenvalue weighted by Gasteiger charge is -2.10. The number of nitrogens with one attached hydrogen (secondary N) is 1. The van der Waals surface area contributed by atoms with E-state index in [-0.39, 0.29) is 0 Å². The minimum Gasteiger partial charge on any atom is -0.492 e. The molecule has 0 aliphatic heterocycles. The molecular formula is C14H22BrNO2. The predicted molar refractivity (Wildman–Crippen MR) is 78.5 cm³/mol. The maximum absolute atomic E-state index is 5.71. The first-order valence-electron chi connectivity index (χ1n) is 6.33. The van der Waals surface area contributed by atoms with Gasteiger partial charge >= 0.3 is 0 Å². The molecule has 0 saturated heterocycles. The van der Waals surface area contributed by atoms with E-state index < -0.39 is 0 Å². The fourth-order valence-electron chi connectivity index (χ4n) is 1.64. The second-order valence-corrected chi connectivity index (χ2v) is 4.96. The van der Waals surface area contributed by atoms with Crippen LogP contribution in [0.25, 0.3) is 0 Å². The van der Waals surface area contributed by atoms with Crippen LogP contribution in [-0.2, 0) is 4.74 Å². The summed E-state index contributed by atoms with van der Waals surface area (Å²) >= 11 is 3.55. The average molecular weight is 316 g/mol. The molecule has 1 rings (SSSR count). The summed E-state index contributed by atoms with van der Waals surface area (Å²) in [5, 5.41) is 3.27. The molecule has 0 bridgehead atoms. The van der Waals surface area contributed by atoms with Crippen molar-refractivity contribution in [2.75, 3.05) is 32.9 Å². The van der Waals surface area contributed by atoms with E-state index in [0.29, 0.717) is 6.61 Å². The highest BCUT2D eigenvalue weighted by Gasteiger charge is 2.02. The van der Waals surface area contributed by atoms with Crippen LogP contribution in [0.1, 0.15) is 18.1 Å². The van der Waals surface area contributed by atoms with Crippen molar-refractivity contribution in [2.24, 2.45) is 0 Å². The Morgan fingerprint density at radius 3 is 2.33 bits per heavy atom.